The number of amides is 1. The number of rotatable bonds is 5. The van der Waals surface area contributed by atoms with Gasteiger partial charge in [0, 0.05) is 17.8 Å². The molecule has 0 spiro atoms. The molecule has 4 nitrogen and oxygen atoms in total. The van der Waals surface area contributed by atoms with E-state index in [4.69, 9.17) is 5.73 Å². The first-order chi connectivity index (χ1) is 7.74. The molecule has 3 N–H and O–H groups in total. The number of aromatic nitrogens is 1. The fourth-order valence-electron chi connectivity index (χ4n) is 1.77. The molecule has 1 aromatic heterocycles. The van der Waals surface area contributed by atoms with Crippen molar-refractivity contribution in [3.63, 3.8) is 0 Å². The van der Waals surface area contributed by atoms with Gasteiger partial charge in [0.25, 0.3) is 5.91 Å². The summed E-state index contributed by atoms with van der Waals surface area (Å²) in [5.41, 5.74) is 5.98. The van der Waals surface area contributed by atoms with Crippen LogP contribution in [0.5, 0.6) is 0 Å². The van der Waals surface area contributed by atoms with E-state index >= 15 is 0 Å². The van der Waals surface area contributed by atoms with Crippen LogP contribution in [0, 0.1) is 5.92 Å². The molecule has 1 heterocycles. The molecule has 0 saturated heterocycles. The zero-order chi connectivity index (χ0) is 11.5. The van der Waals surface area contributed by atoms with Gasteiger partial charge in [0.2, 0.25) is 0 Å². The molecular formula is C11H17N3OS. The third-order valence-electron chi connectivity index (χ3n) is 2.91. The van der Waals surface area contributed by atoms with Crippen molar-refractivity contribution in [1.29, 1.82) is 0 Å². The predicted molar refractivity (Wildman–Crippen MR) is 64.5 cm³/mol. The van der Waals surface area contributed by atoms with E-state index in [-0.39, 0.29) is 5.91 Å². The van der Waals surface area contributed by atoms with Crippen molar-refractivity contribution in [2.24, 2.45) is 11.7 Å². The molecule has 0 aliphatic heterocycles. The first-order valence-electron chi connectivity index (χ1n) is 5.70. The van der Waals surface area contributed by atoms with Crippen LogP contribution < -0.4 is 11.1 Å². The topological polar surface area (TPSA) is 68.0 Å². The smallest absolute Gasteiger partial charge is 0.270 e. The number of nitrogens with two attached hydrogens (primary N) is 1. The summed E-state index contributed by atoms with van der Waals surface area (Å²) in [5.74, 6) is 0.631. The third kappa shape index (κ3) is 2.59. The van der Waals surface area contributed by atoms with Gasteiger partial charge in [0.05, 0.1) is 5.01 Å². The summed E-state index contributed by atoms with van der Waals surface area (Å²) in [5, 5.41) is 5.75. The Kier molecular flexibility index (Phi) is 3.56. The van der Waals surface area contributed by atoms with Crippen molar-refractivity contribution in [2.75, 3.05) is 6.54 Å². The van der Waals surface area contributed by atoms with Gasteiger partial charge in [-0.1, -0.05) is 13.3 Å². The lowest BCUT2D eigenvalue weighted by atomic mass is 10.3. The molecule has 2 rings (SSSR count). The molecular weight excluding hydrogens is 222 g/mol. The van der Waals surface area contributed by atoms with E-state index < -0.39 is 0 Å². The van der Waals surface area contributed by atoms with Crippen molar-refractivity contribution in [2.45, 2.75) is 32.2 Å². The molecule has 16 heavy (non-hydrogen) atoms. The van der Waals surface area contributed by atoms with Crippen molar-refractivity contribution in [3.8, 4) is 0 Å². The molecule has 1 aromatic rings. The van der Waals surface area contributed by atoms with E-state index in [2.05, 4.69) is 17.2 Å². The highest BCUT2D eigenvalue weighted by molar-refractivity contribution is 7.09. The van der Waals surface area contributed by atoms with E-state index in [1.807, 2.05) is 5.38 Å². The zero-order valence-corrected chi connectivity index (χ0v) is 10.2. The summed E-state index contributed by atoms with van der Waals surface area (Å²) >= 11 is 1.50. The fraction of sp³-hybridized carbons (Fsp3) is 0.636. The maximum absolute atomic E-state index is 11.8. The predicted octanol–water partition coefficient (Wildman–Crippen LogP) is 1.17. The first-order valence-corrected chi connectivity index (χ1v) is 6.58. The largest absolute Gasteiger partial charge is 0.348 e. The molecule has 0 bridgehead atoms. The van der Waals surface area contributed by atoms with Crippen LogP contribution >= 0.6 is 11.3 Å². The molecule has 2 atom stereocenters. The molecule has 1 amide bonds. The number of thiazole rings is 1. The Balaban J connectivity index is 1.88. The first kappa shape index (κ1) is 11.5. The number of carbonyl (C=O) groups is 1. The number of nitrogens with one attached hydrogen (secondary N) is 1. The van der Waals surface area contributed by atoms with Gasteiger partial charge in [-0.05, 0) is 18.9 Å². The van der Waals surface area contributed by atoms with Gasteiger partial charge in [0.1, 0.15) is 5.69 Å². The Bertz CT molecular complexity index is 377. The lowest BCUT2D eigenvalue weighted by molar-refractivity contribution is 0.0944. The second-order valence-electron chi connectivity index (χ2n) is 4.15. The Hall–Kier alpha value is -0.940. The number of hydrogen-bond acceptors (Lipinski definition) is 4. The highest BCUT2D eigenvalue weighted by Crippen LogP contribution is 2.33. The molecule has 2 unspecified atom stereocenters. The fourth-order valence-corrected chi connectivity index (χ4v) is 2.57. The average molecular weight is 239 g/mol. The van der Waals surface area contributed by atoms with E-state index in [1.165, 1.54) is 11.3 Å². The summed E-state index contributed by atoms with van der Waals surface area (Å²) in [6, 6.07) is 0.372. The van der Waals surface area contributed by atoms with Gasteiger partial charge in [-0.15, -0.1) is 11.3 Å². The summed E-state index contributed by atoms with van der Waals surface area (Å²) in [7, 11) is 0. The van der Waals surface area contributed by atoms with Gasteiger partial charge in [-0.2, -0.15) is 0 Å². The van der Waals surface area contributed by atoms with Gasteiger partial charge >= 0.3 is 0 Å². The van der Waals surface area contributed by atoms with Gasteiger partial charge < -0.3 is 11.1 Å². The molecule has 0 radical (unpaired) electrons. The Morgan fingerprint density at radius 1 is 1.75 bits per heavy atom. The van der Waals surface area contributed by atoms with Crippen LogP contribution in [0.15, 0.2) is 5.38 Å². The number of hydrogen-bond donors (Lipinski definition) is 2. The number of carbonyl (C=O) groups excluding carboxylic acids is 1. The molecule has 5 heteroatoms. The minimum atomic E-state index is -0.0412. The Labute approximate surface area is 99.3 Å². The molecule has 1 fully saturated rings. The van der Waals surface area contributed by atoms with Crippen molar-refractivity contribution in [3.05, 3.63) is 16.1 Å². The van der Waals surface area contributed by atoms with Crippen molar-refractivity contribution in [1.82, 2.24) is 10.3 Å². The quantitative estimate of drug-likeness (QED) is 0.810. The molecule has 1 saturated carbocycles. The van der Waals surface area contributed by atoms with Crippen LogP contribution in [0.2, 0.25) is 0 Å². The van der Waals surface area contributed by atoms with Gasteiger partial charge in [0.15, 0.2) is 0 Å². The SMILES string of the molecule is CCC1CC1NC(=O)c1csc(CCN)n1. The lowest BCUT2D eigenvalue weighted by Crippen LogP contribution is -2.27. The normalized spacial score (nSPS) is 23.1. The van der Waals surface area contributed by atoms with E-state index in [0.717, 1.165) is 24.3 Å². The van der Waals surface area contributed by atoms with Crippen molar-refractivity contribution >= 4 is 17.2 Å². The Morgan fingerprint density at radius 3 is 3.19 bits per heavy atom. The monoisotopic (exact) mass is 239 g/mol. The number of nitrogens with zero attached hydrogens (tertiary/aromatic N) is 1. The van der Waals surface area contributed by atoms with Crippen LogP contribution in [0.1, 0.15) is 35.3 Å². The second-order valence-corrected chi connectivity index (χ2v) is 5.09. The van der Waals surface area contributed by atoms with E-state index in [0.29, 0.717) is 24.2 Å². The summed E-state index contributed by atoms with van der Waals surface area (Å²) < 4.78 is 0. The maximum Gasteiger partial charge on any atom is 0.270 e. The van der Waals surface area contributed by atoms with Crippen LogP contribution in [0.25, 0.3) is 0 Å². The highest BCUT2D eigenvalue weighted by atomic mass is 32.1. The van der Waals surface area contributed by atoms with Gasteiger partial charge in [-0.25, -0.2) is 4.98 Å². The second kappa shape index (κ2) is 4.93. The van der Waals surface area contributed by atoms with Crippen LogP contribution in [0.3, 0.4) is 0 Å². The van der Waals surface area contributed by atoms with Crippen LogP contribution in [-0.4, -0.2) is 23.5 Å². The highest BCUT2D eigenvalue weighted by Gasteiger charge is 2.36. The average Bonchev–Trinajstić information content (AvgIpc) is 2.85. The van der Waals surface area contributed by atoms with Crippen LogP contribution in [-0.2, 0) is 6.42 Å². The van der Waals surface area contributed by atoms with E-state index in [9.17, 15) is 4.79 Å². The summed E-state index contributed by atoms with van der Waals surface area (Å²) in [6.07, 6.45) is 3.00. The molecule has 88 valence electrons. The zero-order valence-electron chi connectivity index (χ0n) is 9.40. The summed E-state index contributed by atoms with van der Waals surface area (Å²) in [4.78, 5) is 16.0. The maximum atomic E-state index is 11.8. The van der Waals surface area contributed by atoms with Crippen LogP contribution in [0.4, 0.5) is 0 Å². The van der Waals surface area contributed by atoms with E-state index in [1.54, 1.807) is 0 Å². The standard InChI is InChI=1S/C11H17N3OS/c1-2-7-5-8(7)14-11(15)9-6-16-10(13-9)3-4-12/h6-8H,2-5,12H2,1H3,(H,14,15). The minimum Gasteiger partial charge on any atom is -0.348 e. The van der Waals surface area contributed by atoms with Gasteiger partial charge in [-0.3, -0.25) is 4.79 Å². The van der Waals surface area contributed by atoms with Crippen molar-refractivity contribution < 1.29 is 4.79 Å². The minimum absolute atomic E-state index is 0.0412. The Morgan fingerprint density at radius 2 is 2.56 bits per heavy atom. The molecule has 1 aliphatic carbocycles. The lowest BCUT2D eigenvalue weighted by Gasteiger charge is -2.00. The summed E-state index contributed by atoms with van der Waals surface area (Å²) in [6.45, 7) is 2.73. The molecule has 1 aliphatic rings. The molecule has 0 aromatic carbocycles. The third-order valence-corrected chi connectivity index (χ3v) is 3.81.